The van der Waals surface area contributed by atoms with Crippen LogP contribution in [0.1, 0.15) is 0 Å². The summed E-state index contributed by atoms with van der Waals surface area (Å²) in [5.41, 5.74) is 17.7. The Labute approximate surface area is 366 Å². The van der Waals surface area contributed by atoms with Crippen LogP contribution in [0.15, 0.2) is 247 Å². The average molecular weight is 805 g/mol. The van der Waals surface area contributed by atoms with Crippen LogP contribution in [0.2, 0.25) is 0 Å². The molecule has 0 aliphatic rings. The van der Waals surface area contributed by atoms with Crippen molar-refractivity contribution in [2.45, 2.75) is 0 Å². The number of fused-ring (bicyclic) bond motifs is 6. The molecular formula is C60H40N2O. The third-order valence-corrected chi connectivity index (χ3v) is 12.4. The smallest absolute Gasteiger partial charge is 0.143 e. The van der Waals surface area contributed by atoms with E-state index < -0.39 is 0 Å². The lowest BCUT2D eigenvalue weighted by atomic mass is 9.92. The van der Waals surface area contributed by atoms with Gasteiger partial charge in [-0.3, -0.25) is 0 Å². The Hall–Kier alpha value is -8.40. The van der Waals surface area contributed by atoms with Gasteiger partial charge >= 0.3 is 0 Å². The van der Waals surface area contributed by atoms with Gasteiger partial charge in [-0.2, -0.15) is 0 Å². The number of benzene rings is 10. The predicted octanol–water partition coefficient (Wildman–Crippen LogP) is 16.8. The van der Waals surface area contributed by atoms with E-state index in [0.717, 1.165) is 72.5 Å². The number of hydrogen-bond donors (Lipinski definition) is 0. The van der Waals surface area contributed by atoms with Gasteiger partial charge in [0.2, 0.25) is 0 Å². The topological polar surface area (TPSA) is 21.3 Å². The molecule has 0 unspecified atom stereocenters. The van der Waals surface area contributed by atoms with Crippen molar-refractivity contribution in [1.29, 1.82) is 0 Å². The maximum atomic E-state index is 6.60. The number of nitrogens with zero attached hydrogens (tertiary/aromatic N) is 2. The Morgan fingerprint density at radius 1 is 0.302 bits per heavy atom. The summed E-state index contributed by atoms with van der Waals surface area (Å²) < 4.78 is 9.01. The summed E-state index contributed by atoms with van der Waals surface area (Å²) in [6.07, 6.45) is 0. The van der Waals surface area contributed by atoms with Gasteiger partial charge in [0.25, 0.3) is 0 Å². The van der Waals surface area contributed by atoms with Gasteiger partial charge in [0.15, 0.2) is 0 Å². The zero-order chi connectivity index (χ0) is 41.7. The van der Waals surface area contributed by atoms with E-state index in [1.165, 1.54) is 38.5 Å². The second-order valence-electron chi connectivity index (χ2n) is 16.1. The number of aromatic nitrogens is 1. The normalized spacial score (nSPS) is 11.5. The summed E-state index contributed by atoms with van der Waals surface area (Å²) in [5.74, 6) is 0. The van der Waals surface area contributed by atoms with E-state index in [1.54, 1.807) is 0 Å². The summed E-state index contributed by atoms with van der Waals surface area (Å²) in [6.45, 7) is 0. The minimum Gasteiger partial charge on any atom is -0.455 e. The van der Waals surface area contributed by atoms with Crippen molar-refractivity contribution in [1.82, 2.24) is 4.57 Å². The molecule has 2 aromatic heterocycles. The Balaban J connectivity index is 1.02. The lowest BCUT2D eigenvalue weighted by molar-refractivity contribution is 0.670. The third kappa shape index (κ3) is 6.29. The van der Waals surface area contributed by atoms with E-state index in [-0.39, 0.29) is 0 Å². The molecule has 3 heteroatoms. The Bertz CT molecular complexity index is 3600. The van der Waals surface area contributed by atoms with Crippen LogP contribution in [0.5, 0.6) is 0 Å². The number of rotatable bonds is 8. The van der Waals surface area contributed by atoms with Crippen molar-refractivity contribution in [3.63, 3.8) is 0 Å². The number of furan rings is 1. The monoisotopic (exact) mass is 804 g/mol. The minimum atomic E-state index is 0.894. The molecule has 0 amide bonds. The lowest BCUT2D eigenvalue weighted by Gasteiger charge is -2.27. The van der Waals surface area contributed by atoms with Crippen LogP contribution < -0.4 is 4.90 Å². The van der Waals surface area contributed by atoms with Crippen LogP contribution in [0, 0.1) is 0 Å². The van der Waals surface area contributed by atoms with Crippen molar-refractivity contribution < 1.29 is 4.42 Å². The van der Waals surface area contributed by atoms with Gasteiger partial charge in [-0.25, -0.2) is 0 Å². The molecule has 3 nitrogen and oxygen atoms in total. The maximum Gasteiger partial charge on any atom is 0.143 e. The number of para-hydroxylation sites is 4. The molecule has 0 bridgehead atoms. The molecule has 2 heterocycles. The van der Waals surface area contributed by atoms with Gasteiger partial charge in [0, 0.05) is 49.9 Å². The van der Waals surface area contributed by atoms with Crippen LogP contribution in [0.4, 0.5) is 17.1 Å². The fourth-order valence-corrected chi connectivity index (χ4v) is 9.52. The Kier molecular flexibility index (Phi) is 8.83. The van der Waals surface area contributed by atoms with Crippen molar-refractivity contribution in [3.05, 3.63) is 243 Å². The van der Waals surface area contributed by atoms with Gasteiger partial charge < -0.3 is 13.9 Å². The molecule has 0 saturated heterocycles. The van der Waals surface area contributed by atoms with Gasteiger partial charge in [0.05, 0.1) is 11.0 Å². The second-order valence-corrected chi connectivity index (χ2v) is 16.1. The fraction of sp³-hybridized carbons (Fsp3) is 0. The van der Waals surface area contributed by atoms with Crippen LogP contribution in [-0.4, -0.2) is 4.57 Å². The van der Waals surface area contributed by atoms with Crippen LogP contribution >= 0.6 is 0 Å². The van der Waals surface area contributed by atoms with E-state index in [9.17, 15) is 0 Å². The molecule has 296 valence electrons. The highest BCUT2D eigenvalue weighted by atomic mass is 16.3. The summed E-state index contributed by atoms with van der Waals surface area (Å²) >= 11 is 0. The van der Waals surface area contributed by atoms with Gasteiger partial charge in [0.1, 0.15) is 11.2 Å². The molecule has 0 radical (unpaired) electrons. The zero-order valence-electron chi connectivity index (χ0n) is 34.4. The number of hydrogen-bond acceptors (Lipinski definition) is 2. The quantitative estimate of drug-likeness (QED) is 0.153. The number of anilines is 3. The molecule has 12 aromatic rings. The van der Waals surface area contributed by atoms with Crippen molar-refractivity contribution in [2.24, 2.45) is 0 Å². The van der Waals surface area contributed by atoms with Crippen molar-refractivity contribution in [2.75, 3.05) is 4.90 Å². The molecular weight excluding hydrogens is 765 g/mol. The second kappa shape index (κ2) is 15.3. The molecule has 0 N–H and O–H groups in total. The first-order chi connectivity index (χ1) is 31.3. The first kappa shape index (κ1) is 36.5. The van der Waals surface area contributed by atoms with Gasteiger partial charge in [-0.15, -0.1) is 0 Å². The van der Waals surface area contributed by atoms with Gasteiger partial charge in [-0.1, -0.05) is 182 Å². The molecule has 63 heavy (non-hydrogen) atoms. The SMILES string of the molecule is c1ccc(-c2ccccc2-c2ccc(-n3c4ccccc4c4ccc(N(c5ccccc5)c5ccc(-c6cccc7c6oc6ccccc67)c(-c6ccccc6)c5)cc43)cc2)cc1. The Morgan fingerprint density at radius 3 is 1.59 bits per heavy atom. The fourth-order valence-electron chi connectivity index (χ4n) is 9.52. The first-order valence-electron chi connectivity index (χ1n) is 21.5. The first-order valence-corrected chi connectivity index (χ1v) is 21.5. The van der Waals surface area contributed by atoms with Gasteiger partial charge in [-0.05, 0) is 99.6 Å². The van der Waals surface area contributed by atoms with Crippen molar-refractivity contribution in [3.8, 4) is 50.2 Å². The van der Waals surface area contributed by atoms with E-state index in [0.29, 0.717) is 0 Å². The standard InChI is InChI=1S/C60H40N2O/c1-4-17-41(18-5-1)48-23-10-11-24-49(48)43-31-33-45(34-32-43)62-57-29-14-12-25-51(57)52-38-36-47(40-58(52)62)61(44-21-8-3-9-22-44)46-35-37-50(56(39-46)42-19-6-2-7-20-42)54-27-16-28-55-53-26-13-15-30-59(53)63-60(54)55/h1-40H. The molecule has 0 saturated carbocycles. The Morgan fingerprint density at radius 2 is 0.841 bits per heavy atom. The van der Waals surface area contributed by atoms with Crippen molar-refractivity contribution >= 4 is 60.8 Å². The summed E-state index contributed by atoms with van der Waals surface area (Å²) in [7, 11) is 0. The predicted molar refractivity (Wildman–Crippen MR) is 264 cm³/mol. The largest absolute Gasteiger partial charge is 0.455 e. The summed E-state index contributed by atoms with van der Waals surface area (Å²) in [4.78, 5) is 2.38. The average Bonchev–Trinajstić information content (AvgIpc) is 3.91. The molecule has 0 fully saturated rings. The zero-order valence-corrected chi connectivity index (χ0v) is 34.4. The van der Waals surface area contributed by atoms with E-state index >= 15 is 0 Å². The molecule has 0 spiro atoms. The molecule has 10 aromatic carbocycles. The van der Waals surface area contributed by atoms with E-state index in [1.807, 2.05) is 6.07 Å². The molecule has 0 atom stereocenters. The van der Waals surface area contributed by atoms with E-state index in [2.05, 4.69) is 246 Å². The summed E-state index contributed by atoms with van der Waals surface area (Å²) in [5, 5.41) is 4.67. The molecule has 0 aliphatic heterocycles. The van der Waals surface area contributed by atoms with Crippen LogP contribution in [0.25, 0.3) is 93.9 Å². The molecule has 0 aliphatic carbocycles. The highest BCUT2D eigenvalue weighted by Crippen LogP contribution is 2.45. The lowest BCUT2D eigenvalue weighted by Crippen LogP contribution is -2.10. The summed E-state index contributed by atoms with van der Waals surface area (Å²) in [6, 6.07) is 87.1. The maximum absolute atomic E-state index is 6.60. The van der Waals surface area contributed by atoms with Crippen LogP contribution in [-0.2, 0) is 0 Å². The minimum absolute atomic E-state index is 0.894. The van der Waals surface area contributed by atoms with Crippen LogP contribution in [0.3, 0.4) is 0 Å². The highest BCUT2D eigenvalue weighted by molar-refractivity contribution is 6.12. The highest BCUT2D eigenvalue weighted by Gasteiger charge is 2.21. The third-order valence-electron chi connectivity index (χ3n) is 12.4. The van der Waals surface area contributed by atoms with E-state index in [4.69, 9.17) is 4.42 Å². The molecule has 12 rings (SSSR count).